The molecule has 520 valence electrons. The van der Waals surface area contributed by atoms with Crippen LogP contribution in [0.5, 0.6) is 0 Å². The summed E-state index contributed by atoms with van der Waals surface area (Å²) in [7, 11) is 5.95. The predicted octanol–water partition coefficient (Wildman–Crippen LogP) is 22.9. The number of esters is 2. The zero-order chi connectivity index (χ0) is 64.7. The summed E-state index contributed by atoms with van der Waals surface area (Å²) in [5.74, 6) is -2.26. The molecule has 0 rings (SSSR count). The van der Waals surface area contributed by atoms with Gasteiger partial charge in [-0.3, -0.25) is 9.59 Å². The number of likely N-dealkylation sites (N-methyl/N-ethyl adjacent to an activating group) is 1. The van der Waals surface area contributed by atoms with Gasteiger partial charge in [0.05, 0.1) is 40.3 Å². The Bertz CT molecular complexity index is 1650. The van der Waals surface area contributed by atoms with E-state index in [2.05, 4.69) is 74.6 Å². The molecule has 0 fully saturated rings. The number of nitrogens with zero attached hydrogens (tertiary/aromatic N) is 1. The first-order valence-electron chi connectivity index (χ1n) is 38.4. The molecule has 9 nitrogen and oxygen atoms in total. The molecule has 0 heterocycles. The van der Waals surface area contributed by atoms with Crippen LogP contribution in [0.25, 0.3) is 0 Å². The van der Waals surface area contributed by atoms with Crippen LogP contribution < -0.4 is 5.11 Å². The molecule has 0 N–H and O–H groups in total. The summed E-state index contributed by atoms with van der Waals surface area (Å²) in [4.78, 5) is 37.6. The van der Waals surface area contributed by atoms with Crippen molar-refractivity contribution in [3.63, 3.8) is 0 Å². The molecule has 0 aromatic carbocycles. The SMILES string of the molecule is CC/C=C\C/C=C\C/C=C\C/C=C\C/C=C\CCCCCCCCCCCCCCCCCCCC(=O)OC(COC(=O)CCCCCCCCCCCCCCCCCCCCCCCCCCCCCCCCC)COC(OCC[N+](C)(C)C)C(=O)[O-]. The lowest BCUT2D eigenvalue weighted by Crippen LogP contribution is -2.44. The maximum Gasteiger partial charge on any atom is 0.306 e. The van der Waals surface area contributed by atoms with Crippen LogP contribution in [0, 0.1) is 0 Å². The highest BCUT2D eigenvalue weighted by Crippen LogP contribution is 2.19. The third-order valence-corrected chi connectivity index (χ3v) is 17.3. The number of carbonyl (C=O) groups excluding carboxylic acids is 3. The van der Waals surface area contributed by atoms with Crippen LogP contribution in [0.1, 0.15) is 373 Å². The summed E-state index contributed by atoms with van der Waals surface area (Å²) < 4.78 is 22.9. The van der Waals surface area contributed by atoms with Gasteiger partial charge in [0.15, 0.2) is 12.4 Å². The molecule has 0 aliphatic carbocycles. The lowest BCUT2D eigenvalue weighted by atomic mass is 10.0. The van der Waals surface area contributed by atoms with Crippen molar-refractivity contribution in [2.24, 2.45) is 0 Å². The maximum atomic E-state index is 13.0. The molecule has 0 saturated carbocycles. The van der Waals surface area contributed by atoms with Crippen LogP contribution in [0.2, 0.25) is 0 Å². The molecule has 2 unspecified atom stereocenters. The molecule has 0 aliphatic rings. The van der Waals surface area contributed by atoms with E-state index in [1.165, 1.54) is 276 Å². The Balaban J connectivity index is 4.01. The molecule has 0 aromatic rings. The fourth-order valence-electron chi connectivity index (χ4n) is 11.5. The van der Waals surface area contributed by atoms with E-state index in [-0.39, 0.29) is 32.2 Å². The third kappa shape index (κ3) is 72.3. The summed E-state index contributed by atoms with van der Waals surface area (Å²) in [6.07, 6.45) is 90.5. The van der Waals surface area contributed by atoms with Crippen molar-refractivity contribution in [2.45, 2.75) is 386 Å². The van der Waals surface area contributed by atoms with Gasteiger partial charge in [-0.2, -0.15) is 0 Å². The van der Waals surface area contributed by atoms with E-state index in [1.807, 2.05) is 21.1 Å². The van der Waals surface area contributed by atoms with Gasteiger partial charge in [0.1, 0.15) is 13.2 Å². The monoisotopic (exact) mass is 1250 g/mol. The highest BCUT2D eigenvalue weighted by Gasteiger charge is 2.22. The number of allylic oxidation sites excluding steroid dienone is 10. The molecular weight excluding hydrogens is 1100 g/mol. The van der Waals surface area contributed by atoms with E-state index in [9.17, 15) is 19.5 Å². The number of carboxylic acids is 1. The van der Waals surface area contributed by atoms with E-state index < -0.39 is 24.3 Å². The first kappa shape index (κ1) is 86.0. The van der Waals surface area contributed by atoms with Gasteiger partial charge in [0.25, 0.3) is 0 Å². The molecule has 0 spiro atoms. The molecule has 0 saturated heterocycles. The van der Waals surface area contributed by atoms with Gasteiger partial charge < -0.3 is 33.3 Å². The van der Waals surface area contributed by atoms with Crippen molar-refractivity contribution in [1.82, 2.24) is 0 Å². The van der Waals surface area contributed by atoms with Crippen molar-refractivity contribution >= 4 is 17.9 Å². The van der Waals surface area contributed by atoms with Crippen LogP contribution in [0.3, 0.4) is 0 Å². The van der Waals surface area contributed by atoms with Gasteiger partial charge in [-0.05, 0) is 57.8 Å². The average Bonchev–Trinajstić information content (AvgIpc) is 3.64. The van der Waals surface area contributed by atoms with Crippen LogP contribution in [0.4, 0.5) is 0 Å². The summed E-state index contributed by atoms with van der Waals surface area (Å²) >= 11 is 0. The summed E-state index contributed by atoms with van der Waals surface area (Å²) in [5.41, 5.74) is 0. The zero-order valence-electron chi connectivity index (χ0n) is 59.6. The molecule has 0 aliphatic heterocycles. The lowest BCUT2D eigenvalue weighted by Gasteiger charge is -2.26. The first-order valence-corrected chi connectivity index (χ1v) is 38.4. The van der Waals surface area contributed by atoms with E-state index in [0.29, 0.717) is 23.9 Å². The van der Waals surface area contributed by atoms with E-state index in [0.717, 1.165) is 64.2 Å². The van der Waals surface area contributed by atoms with E-state index in [1.54, 1.807) is 0 Å². The molecule has 0 amide bonds. The highest BCUT2D eigenvalue weighted by atomic mass is 16.7. The zero-order valence-corrected chi connectivity index (χ0v) is 59.6. The topological polar surface area (TPSA) is 111 Å². The van der Waals surface area contributed by atoms with Crippen LogP contribution in [-0.4, -0.2) is 82.3 Å². The van der Waals surface area contributed by atoms with Crippen molar-refractivity contribution in [3.05, 3.63) is 60.8 Å². The predicted molar refractivity (Wildman–Crippen MR) is 380 cm³/mol. The number of quaternary nitrogens is 1. The van der Waals surface area contributed by atoms with Gasteiger partial charge in [0.2, 0.25) is 0 Å². The van der Waals surface area contributed by atoms with Gasteiger partial charge in [-0.25, -0.2) is 0 Å². The van der Waals surface area contributed by atoms with Crippen molar-refractivity contribution in [1.29, 1.82) is 0 Å². The Labute approximate surface area is 552 Å². The van der Waals surface area contributed by atoms with Crippen LogP contribution >= 0.6 is 0 Å². The Morgan fingerprint density at radius 1 is 0.348 bits per heavy atom. The van der Waals surface area contributed by atoms with Crippen LogP contribution in [0.15, 0.2) is 60.8 Å². The van der Waals surface area contributed by atoms with Gasteiger partial charge in [0, 0.05) is 12.8 Å². The standard InChI is InChI=1S/C80H147NO8/c1-6-8-10-12-14-16-18-20-22-24-26-28-30-32-34-36-38-39-41-43-45-47-49-51-53-55-57-59-61-63-65-67-69-71-78(83)89-76(75-88-80(79(84)85)86-73-72-81(3,4)5)74-87-77(82)70-68-66-64-62-60-58-56-54-52-50-48-46-44-42-40-37-35-33-31-29-27-25-23-21-19-17-15-13-11-9-7-2/h8,10,14,16,20,22,26,28,32,34,76,80H,6-7,9,11-13,15,17-19,21,23-25,27,29-31,33,35-75H2,1-5H3/b10-8-,16-14-,22-20-,28-26-,34-32-. The summed E-state index contributed by atoms with van der Waals surface area (Å²) in [5, 5.41) is 11.8. The fourth-order valence-corrected chi connectivity index (χ4v) is 11.5. The van der Waals surface area contributed by atoms with Gasteiger partial charge in [-0.1, -0.05) is 364 Å². The fraction of sp³-hybridized carbons (Fsp3) is 0.838. The number of unbranched alkanes of at least 4 members (excludes halogenated alkanes) is 47. The van der Waals surface area contributed by atoms with E-state index in [4.69, 9.17) is 18.9 Å². The Morgan fingerprint density at radius 2 is 0.640 bits per heavy atom. The normalized spacial score (nSPS) is 13.0. The third-order valence-electron chi connectivity index (χ3n) is 17.3. The first-order chi connectivity index (χ1) is 43.6. The van der Waals surface area contributed by atoms with E-state index >= 15 is 0 Å². The molecule has 9 heteroatoms. The average molecular weight is 1250 g/mol. The number of hydrogen-bond donors (Lipinski definition) is 0. The molecule has 2 atom stereocenters. The minimum absolute atomic E-state index is 0.149. The molecule has 0 bridgehead atoms. The lowest BCUT2D eigenvalue weighted by molar-refractivity contribution is -0.870. The summed E-state index contributed by atoms with van der Waals surface area (Å²) in [6.45, 7) is 4.70. The highest BCUT2D eigenvalue weighted by molar-refractivity contribution is 5.70. The minimum atomic E-state index is -1.62. The molecular formula is C80H147NO8. The number of ether oxygens (including phenoxy) is 4. The van der Waals surface area contributed by atoms with Gasteiger partial charge >= 0.3 is 11.9 Å². The van der Waals surface area contributed by atoms with Gasteiger partial charge in [-0.15, -0.1) is 0 Å². The molecule has 0 radical (unpaired) electrons. The second-order valence-corrected chi connectivity index (χ2v) is 27.3. The number of aliphatic carboxylic acids is 1. The second kappa shape index (κ2) is 70.9. The Morgan fingerprint density at radius 3 is 0.955 bits per heavy atom. The van der Waals surface area contributed by atoms with Crippen LogP contribution in [-0.2, 0) is 33.3 Å². The summed E-state index contributed by atoms with van der Waals surface area (Å²) in [6, 6.07) is 0. The van der Waals surface area contributed by atoms with Crippen molar-refractivity contribution in [2.75, 3.05) is 47.5 Å². The largest absolute Gasteiger partial charge is 0.545 e. The van der Waals surface area contributed by atoms with Crippen molar-refractivity contribution < 1.29 is 42.9 Å². The van der Waals surface area contributed by atoms with Crippen molar-refractivity contribution in [3.8, 4) is 0 Å². The Kier molecular flexibility index (Phi) is 68.5. The number of hydrogen-bond acceptors (Lipinski definition) is 8. The quantitative estimate of drug-likeness (QED) is 0.0195. The number of carboxylic acid groups (broad SMARTS) is 1. The smallest absolute Gasteiger partial charge is 0.306 e. The number of rotatable bonds is 72. The number of carbonyl (C=O) groups is 3. The second-order valence-electron chi connectivity index (χ2n) is 27.3. The molecule has 0 aromatic heterocycles. The maximum absolute atomic E-state index is 13.0. The minimum Gasteiger partial charge on any atom is -0.545 e. The Hall–Kier alpha value is -3.01. The molecule has 89 heavy (non-hydrogen) atoms.